The van der Waals surface area contributed by atoms with Gasteiger partial charge in [-0.25, -0.2) is 8.42 Å². The lowest BCUT2D eigenvalue weighted by Gasteiger charge is -2.20. The number of carboxylic acids is 1. The van der Waals surface area contributed by atoms with E-state index >= 15 is 0 Å². The quantitative estimate of drug-likeness (QED) is 0.701. The number of carbonyl (C=O) groups excluding carboxylic acids is 1. The van der Waals surface area contributed by atoms with E-state index in [2.05, 4.69) is 10.4 Å². The van der Waals surface area contributed by atoms with Crippen molar-refractivity contribution in [3.63, 3.8) is 0 Å². The number of sulfonamides is 1. The fraction of sp³-hybridized carbons (Fsp3) is 0.353. The van der Waals surface area contributed by atoms with E-state index in [1.165, 1.54) is 33.4 Å². The predicted molar refractivity (Wildman–Crippen MR) is 99.1 cm³/mol. The zero-order valence-electron chi connectivity index (χ0n) is 15.3. The van der Waals surface area contributed by atoms with Gasteiger partial charge in [0.05, 0.1) is 4.90 Å². The number of aliphatic carboxylic acids is 1. The van der Waals surface area contributed by atoms with E-state index in [9.17, 15) is 18.0 Å². The number of hydrogen-bond acceptors (Lipinski definition) is 5. The van der Waals surface area contributed by atoms with Gasteiger partial charge in [-0.15, -0.1) is 0 Å². The molecular weight excluding hydrogens is 372 g/mol. The second-order valence-corrected chi connectivity index (χ2v) is 7.72. The maximum absolute atomic E-state index is 12.8. The van der Waals surface area contributed by atoms with Gasteiger partial charge in [0, 0.05) is 30.9 Å². The van der Waals surface area contributed by atoms with Crippen molar-refractivity contribution in [3.05, 3.63) is 41.6 Å². The van der Waals surface area contributed by atoms with Crippen LogP contribution in [0, 0.1) is 6.92 Å². The predicted octanol–water partition coefficient (Wildman–Crippen LogP) is 1.56. The van der Waals surface area contributed by atoms with Gasteiger partial charge in [0.2, 0.25) is 10.0 Å². The SMILES string of the molecule is CCN(CC)S(=O)(=O)c1cc(C(=O)Nc2ccn(CC(=O)O)n2)ccc1C. The Morgan fingerprint density at radius 1 is 1.22 bits per heavy atom. The smallest absolute Gasteiger partial charge is 0.325 e. The summed E-state index contributed by atoms with van der Waals surface area (Å²) in [4.78, 5) is 23.2. The normalized spacial score (nSPS) is 11.6. The number of aromatic nitrogens is 2. The number of rotatable bonds is 8. The molecule has 0 saturated carbocycles. The number of nitrogens with zero attached hydrogens (tertiary/aromatic N) is 3. The number of aryl methyl sites for hydroxylation is 1. The summed E-state index contributed by atoms with van der Waals surface area (Å²) in [5, 5.41) is 15.2. The number of anilines is 1. The fourth-order valence-electron chi connectivity index (χ4n) is 2.57. The molecule has 0 aliphatic rings. The van der Waals surface area contributed by atoms with Crippen LogP contribution >= 0.6 is 0 Å². The lowest BCUT2D eigenvalue weighted by atomic mass is 10.1. The minimum Gasteiger partial charge on any atom is -0.480 e. The maximum Gasteiger partial charge on any atom is 0.325 e. The summed E-state index contributed by atoms with van der Waals surface area (Å²) in [6.45, 7) is 5.50. The van der Waals surface area contributed by atoms with Crippen molar-refractivity contribution in [1.82, 2.24) is 14.1 Å². The molecule has 2 N–H and O–H groups in total. The first kappa shape index (κ1) is 20.6. The number of hydrogen-bond donors (Lipinski definition) is 2. The molecule has 1 aromatic heterocycles. The molecule has 0 aliphatic heterocycles. The van der Waals surface area contributed by atoms with Crippen LogP contribution < -0.4 is 5.32 Å². The largest absolute Gasteiger partial charge is 0.480 e. The topological polar surface area (TPSA) is 122 Å². The van der Waals surface area contributed by atoms with Crippen LogP contribution in [-0.2, 0) is 21.4 Å². The van der Waals surface area contributed by atoms with E-state index in [-0.39, 0.29) is 22.8 Å². The molecule has 1 aromatic carbocycles. The first-order valence-corrected chi connectivity index (χ1v) is 9.80. The van der Waals surface area contributed by atoms with E-state index in [0.29, 0.717) is 18.7 Å². The molecule has 9 nitrogen and oxygen atoms in total. The fourth-order valence-corrected chi connectivity index (χ4v) is 4.27. The lowest BCUT2D eigenvalue weighted by Crippen LogP contribution is -2.31. The molecule has 27 heavy (non-hydrogen) atoms. The summed E-state index contributed by atoms with van der Waals surface area (Å²) in [6.07, 6.45) is 1.43. The Balaban J connectivity index is 2.28. The molecule has 0 fully saturated rings. The number of nitrogens with one attached hydrogen (secondary N) is 1. The average Bonchev–Trinajstić information content (AvgIpc) is 3.01. The Labute approximate surface area is 157 Å². The van der Waals surface area contributed by atoms with Crippen molar-refractivity contribution in [2.24, 2.45) is 0 Å². The van der Waals surface area contributed by atoms with Crippen molar-refractivity contribution < 1.29 is 23.1 Å². The minimum absolute atomic E-state index is 0.0789. The monoisotopic (exact) mass is 394 g/mol. The summed E-state index contributed by atoms with van der Waals surface area (Å²) < 4.78 is 28.0. The van der Waals surface area contributed by atoms with E-state index < -0.39 is 21.9 Å². The summed E-state index contributed by atoms with van der Waals surface area (Å²) in [5.41, 5.74) is 0.711. The highest BCUT2D eigenvalue weighted by atomic mass is 32.2. The molecule has 2 rings (SSSR count). The van der Waals surface area contributed by atoms with Crippen molar-refractivity contribution in [2.75, 3.05) is 18.4 Å². The standard InChI is InChI=1S/C17H22N4O5S/c1-4-21(5-2)27(25,26)14-10-13(7-6-12(14)3)17(24)18-15-8-9-20(19-15)11-16(22)23/h6-10H,4-5,11H2,1-3H3,(H,22,23)(H,18,19,24). The molecule has 0 atom stereocenters. The second-order valence-electron chi connectivity index (χ2n) is 5.82. The minimum atomic E-state index is -3.70. The van der Waals surface area contributed by atoms with Gasteiger partial charge >= 0.3 is 5.97 Å². The van der Waals surface area contributed by atoms with E-state index in [1.807, 2.05) is 0 Å². The summed E-state index contributed by atoms with van der Waals surface area (Å²) >= 11 is 0. The summed E-state index contributed by atoms with van der Waals surface area (Å²) in [7, 11) is -3.70. The van der Waals surface area contributed by atoms with Gasteiger partial charge < -0.3 is 10.4 Å². The number of benzene rings is 1. The van der Waals surface area contributed by atoms with Gasteiger partial charge in [-0.2, -0.15) is 9.40 Å². The molecule has 146 valence electrons. The van der Waals surface area contributed by atoms with E-state index in [4.69, 9.17) is 5.11 Å². The second kappa shape index (κ2) is 8.31. The van der Waals surface area contributed by atoms with Crippen LogP contribution in [0.3, 0.4) is 0 Å². The van der Waals surface area contributed by atoms with E-state index in [1.54, 1.807) is 26.8 Å². The average molecular weight is 394 g/mol. The van der Waals surface area contributed by atoms with Crippen molar-refractivity contribution in [1.29, 1.82) is 0 Å². The highest BCUT2D eigenvalue weighted by Gasteiger charge is 2.24. The molecule has 0 aliphatic carbocycles. The molecule has 1 amide bonds. The molecule has 10 heteroatoms. The summed E-state index contributed by atoms with van der Waals surface area (Å²) in [5.74, 6) is -1.41. The number of carboxylic acid groups (broad SMARTS) is 1. The molecular formula is C17H22N4O5S. The van der Waals surface area contributed by atoms with Crippen LogP contribution in [0.1, 0.15) is 29.8 Å². The van der Waals surface area contributed by atoms with Gasteiger partial charge in [0.15, 0.2) is 5.82 Å². The molecule has 0 spiro atoms. The van der Waals surface area contributed by atoms with Gasteiger partial charge in [0.1, 0.15) is 6.54 Å². The molecule has 0 bridgehead atoms. The maximum atomic E-state index is 12.8. The third kappa shape index (κ3) is 4.72. The van der Waals surface area contributed by atoms with Crippen molar-refractivity contribution in [2.45, 2.75) is 32.2 Å². The molecule has 1 heterocycles. The first-order valence-electron chi connectivity index (χ1n) is 8.36. The third-order valence-corrected chi connectivity index (χ3v) is 6.14. The van der Waals surface area contributed by atoms with Gasteiger partial charge in [-0.05, 0) is 24.6 Å². The van der Waals surface area contributed by atoms with Crippen molar-refractivity contribution in [3.8, 4) is 0 Å². The number of amides is 1. The first-order chi connectivity index (χ1) is 12.7. The van der Waals surface area contributed by atoms with Crippen LogP contribution in [-0.4, -0.2) is 52.6 Å². The van der Waals surface area contributed by atoms with Crippen LogP contribution in [0.25, 0.3) is 0 Å². The molecule has 0 radical (unpaired) electrons. The van der Waals surface area contributed by atoms with Crippen LogP contribution in [0.2, 0.25) is 0 Å². The zero-order valence-corrected chi connectivity index (χ0v) is 16.2. The zero-order chi connectivity index (χ0) is 20.2. The van der Waals surface area contributed by atoms with Crippen molar-refractivity contribution >= 4 is 27.7 Å². The number of carbonyl (C=O) groups is 2. The Kier molecular flexibility index (Phi) is 6.34. The van der Waals surface area contributed by atoms with Gasteiger partial charge in [0.25, 0.3) is 5.91 Å². The Morgan fingerprint density at radius 3 is 2.48 bits per heavy atom. The van der Waals surface area contributed by atoms with Crippen LogP contribution in [0.15, 0.2) is 35.4 Å². The van der Waals surface area contributed by atoms with Gasteiger partial charge in [-0.3, -0.25) is 14.3 Å². The van der Waals surface area contributed by atoms with Crippen LogP contribution in [0.4, 0.5) is 5.82 Å². The van der Waals surface area contributed by atoms with Crippen LogP contribution in [0.5, 0.6) is 0 Å². The highest BCUT2D eigenvalue weighted by molar-refractivity contribution is 7.89. The van der Waals surface area contributed by atoms with Gasteiger partial charge in [-0.1, -0.05) is 19.9 Å². The molecule has 2 aromatic rings. The third-order valence-electron chi connectivity index (χ3n) is 3.95. The molecule has 0 saturated heterocycles. The Morgan fingerprint density at radius 2 is 1.89 bits per heavy atom. The molecule has 0 unspecified atom stereocenters. The summed E-state index contributed by atoms with van der Waals surface area (Å²) in [6, 6.07) is 5.91. The Bertz CT molecular complexity index is 948. The van der Waals surface area contributed by atoms with E-state index in [0.717, 1.165) is 0 Å². The lowest BCUT2D eigenvalue weighted by molar-refractivity contribution is -0.137. The highest BCUT2D eigenvalue weighted by Crippen LogP contribution is 2.22. The Hall–Kier alpha value is -2.72.